The van der Waals surface area contributed by atoms with Gasteiger partial charge >= 0.3 is 0 Å². The van der Waals surface area contributed by atoms with Gasteiger partial charge in [0.25, 0.3) is 0 Å². The fourth-order valence-electron chi connectivity index (χ4n) is 2.37. The average Bonchev–Trinajstić information content (AvgIpc) is 2.54. The van der Waals surface area contributed by atoms with Crippen LogP contribution >= 0.6 is 7.92 Å². The van der Waals surface area contributed by atoms with Gasteiger partial charge in [0.15, 0.2) is 0 Å². The SMILES string of the molecule is Fc1cccc(CP(c2ccccc2)c2ccccc2)c1. The van der Waals surface area contributed by atoms with E-state index in [9.17, 15) is 4.39 Å². The van der Waals surface area contributed by atoms with Gasteiger partial charge in [-0.2, -0.15) is 0 Å². The van der Waals surface area contributed by atoms with Crippen molar-refractivity contribution in [1.29, 1.82) is 0 Å². The molecule has 21 heavy (non-hydrogen) atoms. The van der Waals surface area contributed by atoms with E-state index in [1.54, 1.807) is 12.1 Å². The molecule has 0 N–H and O–H groups in total. The zero-order valence-corrected chi connectivity index (χ0v) is 12.5. The van der Waals surface area contributed by atoms with Gasteiger partial charge in [-0.3, -0.25) is 0 Å². The topological polar surface area (TPSA) is 0 Å². The third-order valence-corrected chi connectivity index (χ3v) is 5.89. The summed E-state index contributed by atoms with van der Waals surface area (Å²) >= 11 is 0. The lowest BCUT2D eigenvalue weighted by atomic mass is 10.2. The summed E-state index contributed by atoms with van der Waals surface area (Å²) in [6.07, 6.45) is 0.862. The van der Waals surface area contributed by atoms with Crippen LogP contribution in [0.4, 0.5) is 4.39 Å². The lowest BCUT2D eigenvalue weighted by Crippen LogP contribution is -2.12. The lowest BCUT2D eigenvalue weighted by Gasteiger charge is -2.19. The Morgan fingerprint density at radius 3 is 1.76 bits per heavy atom. The van der Waals surface area contributed by atoms with Crippen molar-refractivity contribution >= 4 is 18.5 Å². The van der Waals surface area contributed by atoms with E-state index in [2.05, 4.69) is 48.5 Å². The summed E-state index contributed by atoms with van der Waals surface area (Å²) in [5, 5.41) is 2.64. The molecule has 0 saturated carbocycles. The molecular weight excluding hydrogens is 278 g/mol. The third kappa shape index (κ3) is 3.56. The van der Waals surface area contributed by atoms with Crippen molar-refractivity contribution in [2.75, 3.05) is 0 Å². The van der Waals surface area contributed by atoms with E-state index in [0.717, 1.165) is 11.7 Å². The Labute approximate surface area is 126 Å². The summed E-state index contributed by atoms with van der Waals surface area (Å²) in [4.78, 5) is 0. The van der Waals surface area contributed by atoms with Crippen molar-refractivity contribution < 1.29 is 4.39 Å². The summed E-state index contributed by atoms with van der Waals surface area (Å²) in [6.45, 7) is 0. The van der Waals surface area contributed by atoms with E-state index in [1.807, 2.05) is 18.2 Å². The summed E-state index contributed by atoms with van der Waals surface area (Å²) < 4.78 is 13.4. The Balaban J connectivity index is 1.97. The minimum absolute atomic E-state index is 0.163. The molecule has 0 aliphatic heterocycles. The molecule has 0 spiro atoms. The molecule has 0 atom stereocenters. The minimum atomic E-state index is -0.506. The molecular formula is C19H16FP. The Morgan fingerprint density at radius 2 is 1.24 bits per heavy atom. The molecule has 2 heteroatoms. The highest BCUT2D eigenvalue weighted by molar-refractivity contribution is 7.72. The Kier molecular flexibility index (Phi) is 4.43. The second-order valence-corrected chi connectivity index (χ2v) is 7.09. The van der Waals surface area contributed by atoms with Crippen molar-refractivity contribution in [3.63, 3.8) is 0 Å². The van der Waals surface area contributed by atoms with E-state index in [1.165, 1.54) is 16.7 Å². The van der Waals surface area contributed by atoms with Gasteiger partial charge < -0.3 is 0 Å². The Hall–Kier alpha value is -1.98. The number of halogens is 1. The van der Waals surface area contributed by atoms with E-state index in [4.69, 9.17) is 0 Å². The van der Waals surface area contributed by atoms with Crippen molar-refractivity contribution in [3.8, 4) is 0 Å². The number of hydrogen-bond donors (Lipinski definition) is 0. The van der Waals surface area contributed by atoms with E-state index in [0.29, 0.717) is 0 Å². The largest absolute Gasteiger partial charge is 0.207 e. The third-order valence-electron chi connectivity index (χ3n) is 3.37. The van der Waals surface area contributed by atoms with Crippen molar-refractivity contribution in [2.24, 2.45) is 0 Å². The maximum Gasteiger partial charge on any atom is 0.123 e. The molecule has 3 rings (SSSR count). The fraction of sp³-hybridized carbons (Fsp3) is 0.0526. The molecule has 0 fully saturated rings. The van der Waals surface area contributed by atoms with Gasteiger partial charge in [0, 0.05) is 6.16 Å². The van der Waals surface area contributed by atoms with Crippen LogP contribution in [0.15, 0.2) is 84.9 Å². The summed E-state index contributed by atoms with van der Waals surface area (Å²) in [5.41, 5.74) is 1.05. The van der Waals surface area contributed by atoms with Crippen molar-refractivity contribution in [1.82, 2.24) is 0 Å². The molecule has 0 saturated heterocycles. The predicted molar refractivity (Wildman–Crippen MR) is 89.2 cm³/mol. The Morgan fingerprint density at radius 1 is 0.667 bits per heavy atom. The number of benzene rings is 3. The molecule has 0 amide bonds. The predicted octanol–water partition coefficient (Wildman–Crippen LogP) is 4.46. The Bertz CT molecular complexity index is 656. The van der Waals surface area contributed by atoms with Crippen molar-refractivity contribution in [2.45, 2.75) is 6.16 Å². The van der Waals surface area contributed by atoms with Gasteiger partial charge in [0.05, 0.1) is 0 Å². The molecule has 0 aliphatic carbocycles. The highest BCUT2D eigenvalue weighted by atomic mass is 31.1. The monoisotopic (exact) mass is 294 g/mol. The standard InChI is InChI=1S/C19H16FP/c20-17-9-7-8-16(14-17)15-21(18-10-3-1-4-11-18)19-12-5-2-6-13-19/h1-14H,15H2. The molecule has 3 aromatic rings. The van der Waals surface area contributed by atoms with Crippen LogP contribution in [0.1, 0.15) is 5.56 Å². The van der Waals surface area contributed by atoms with Gasteiger partial charge in [0.2, 0.25) is 0 Å². The first kappa shape index (κ1) is 14.0. The van der Waals surface area contributed by atoms with Gasteiger partial charge in [-0.25, -0.2) is 4.39 Å². The smallest absolute Gasteiger partial charge is 0.123 e. The van der Waals surface area contributed by atoms with Crippen LogP contribution in [0.5, 0.6) is 0 Å². The normalized spacial score (nSPS) is 10.8. The van der Waals surface area contributed by atoms with Crippen LogP contribution in [-0.4, -0.2) is 0 Å². The first-order valence-corrected chi connectivity index (χ1v) is 8.48. The summed E-state index contributed by atoms with van der Waals surface area (Å²) in [6, 6.07) is 27.9. The molecule has 0 nitrogen and oxygen atoms in total. The van der Waals surface area contributed by atoms with Crippen LogP contribution in [0, 0.1) is 5.82 Å². The van der Waals surface area contributed by atoms with Crippen molar-refractivity contribution in [3.05, 3.63) is 96.3 Å². The second kappa shape index (κ2) is 6.65. The van der Waals surface area contributed by atoms with E-state index in [-0.39, 0.29) is 5.82 Å². The summed E-state index contributed by atoms with van der Waals surface area (Å²) in [7, 11) is -0.506. The van der Waals surface area contributed by atoms with Gasteiger partial charge in [0.1, 0.15) is 5.82 Å². The average molecular weight is 294 g/mol. The maximum atomic E-state index is 13.4. The zero-order valence-electron chi connectivity index (χ0n) is 11.6. The van der Waals surface area contributed by atoms with Crippen LogP contribution < -0.4 is 10.6 Å². The molecule has 0 aromatic heterocycles. The highest BCUT2D eigenvalue weighted by Gasteiger charge is 2.14. The van der Waals surface area contributed by atoms with E-state index < -0.39 is 7.92 Å². The molecule has 0 aliphatic rings. The van der Waals surface area contributed by atoms with Gasteiger partial charge in [-0.1, -0.05) is 72.8 Å². The molecule has 0 radical (unpaired) electrons. The number of hydrogen-bond acceptors (Lipinski definition) is 0. The number of rotatable bonds is 4. The van der Waals surface area contributed by atoms with Crippen LogP contribution in [0.25, 0.3) is 0 Å². The fourth-order valence-corrected chi connectivity index (χ4v) is 4.65. The highest BCUT2D eigenvalue weighted by Crippen LogP contribution is 2.37. The maximum absolute atomic E-state index is 13.4. The quantitative estimate of drug-likeness (QED) is 0.623. The van der Waals surface area contributed by atoms with Crippen LogP contribution in [0.3, 0.4) is 0 Å². The lowest BCUT2D eigenvalue weighted by molar-refractivity contribution is 0.626. The molecule has 0 bridgehead atoms. The molecule has 0 heterocycles. The minimum Gasteiger partial charge on any atom is -0.207 e. The first-order chi connectivity index (χ1) is 10.3. The van der Waals surface area contributed by atoms with E-state index >= 15 is 0 Å². The zero-order chi connectivity index (χ0) is 14.5. The van der Waals surface area contributed by atoms with Crippen LogP contribution in [0.2, 0.25) is 0 Å². The molecule has 3 aromatic carbocycles. The van der Waals surface area contributed by atoms with Gasteiger partial charge in [-0.05, 0) is 36.2 Å². The molecule has 0 unspecified atom stereocenters. The van der Waals surface area contributed by atoms with Gasteiger partial charge in [-0.15, -0.1) is 0 Å². The van der Waals surface area contributed by atoms with Crippen LogP contribution in [-0.2, 0) is 6.16 Å². The summed E-state index contributed by atoms with van der Waals surface area (Å²) in [5.74, 6) is -0.163. The second-order valence-electron chi connectivity index (χ2n) is 4.89. The first-order valence-electron chi connectivity index (χ1n) is 6.95. The molecule has 104 valence electrons.